The Morgan fingerprint density at radius 1 is 1.38 bits per heavy atom. The second kappa shape index (κ2) is 6.82. The molecule has 1 aromatic rings. The van der Waals surface area contributed by atoms with E-state index >= 15 is 0 Å². The molecule has 0 saturated carbocycles. The molecule has 0 bridgehead atoms. The van der Waals surface area contributed by atoms with Gasteiger partial charge in [-0.15, -0.1) is 12.4 Å². The number of carboxylic acids is 1. The van der Waals surface area contributed by atoms with Gasteiger partial charge in [0.25, 0.3) is 0 Å². The van der Waals surface area contributed by atoms with Crippen molar-refractivity contribution in [3.63, 3.8) is 0 Å². The number of aliphatic carboxylic acids is 1. The van der Waals surface area contributed by atoms with Crippen LogP contribution in [-0.4, -0.2) is 22.2 Å². The molecule has 1 rings (SSSR count). The van der Waals surface area contributed by atoms with Crippen molar-refractivity contribution in [3.8, 4) is 5.75 Å². The molecule has 4 nitrogen and oxygen atoms in total. The van der Waals surface area contributed by atoms with Crippen molar-refractivity contribution in [3.05, 3.63) is 24.8 Å². The van der Waals surface area contributed by atoms with E-state index < -0.39 is 12.0 Å². The molecule has 0 aliphatic carbocycles. The molecule has 0 aliphatic heterocycles. The first-order valence-corrected chi connectivity index (χ1v) is 6.23. The van der Waals surface area contributed by atoms with E-state index in [0.717, 1.165) is 5.56 Å². The molecule has 0 aliphatic rings. The van der Waals surface area contributed by atoms with Gasteiger partial charge >= 0.3 is 5.97 Å². The smallest absolute Gasteiger partial charge is 0.320 e. The van der Waals surface area contributed by atoms with E-state index in [-0.39, 0.29) is 24.6 Å². The zero-order valence-electron chi connectivity index (χ0n) is 7.98. The van der Waals surface area contributed by atoms with Crippen molar-refractivity contribution in [2.45, 2.75) is 12.5 Å². The summed E-state index contributed by atoms with van der Waals surface area (Å²) in [6.45, 7) is 0. The van der Waals surface area contributed by atoms with Gasteiger partial charge in [-0.3, -0.25) is 4.79 Å². The molecule has 1 aromatic carbocycles. The summed E-state index contributed by atoms with van der Waals surface area (Å²) >= 11 is 3.99. The molecular weight excluding hydrogens is 459 g/mol. The van der Waals surface area contributed by atoms with Crippen LogP contribution in [0.3, 0.4) is 0 Å². The van der Waals surface area contributed by atoms with Gasteiger partial charge in [-0.25, -0.2) is 0 Å². The first kappa shape index (κ1) is 16.2. The molecule has 0 fully saturated rings. The van der Waals surface area contributed by atoms with Crippen LogP contribution in [0.25, 0.3) is 0 Å². The topological polar surface area (TPSA) is 83.5 Å². The third-order valence-corrected chi connectivity index (χ3v) is 3.49. The van der Waals surface area contributed by atoms with Crippen LogP contribution in [0, 0.1) is 7.14 Å². The number of halogens is 3. The van der Waals surface area contributed by atoms with Gasteiger partial charge in [0.15, 0.2) is 0 Å². The van der Waals surface area contributed by atoms with Gasteiger partial charge < -0.3 is 15.9 Å². The summed E-state index contributed by atoms with van der Waals surface area (Å²) in [5.41, 5.74) is 6.24. The average Bonchev–Trinajstić information content (AvgIpc) is 2.13. The zero-order chi connectivity index (χ0) is 11.6. The Morgan fingerprint density at radius 2 is 1.81 bits per heavy atom. The molecule has 4 N–H and O–H groups in total. The van der Waals surface area contributed by atoms with Gasteiger partial charge in [-0.05, 0) is 69.3 Å². The molecule has 0 radical (unpaired) electrons. The van der Waals surface area contributed by atoms with E-state index in [0.29, 0.717) is 7.14 Å². The number of aromatic hydroxyl groups is 1. The highest BCUT2D eigenvalue weighted by Crippen LogP contribution is 2.27. The number of carboxylic acid groups (broad SMARTS) is 1. The maximum Gasteiger partial charge on any atom is 0.320 e. The number of phenols is 1. The summed E-state index contributed by atoms with van der Waals surface area (Å²) in [5.74, 6) is -0.795. The predicted octanol–water partition coefficient (Wildman–Crippen LogP) is 1.98. The normalized spacial score (nSPS) is 11.7. The molecule has 0 amide bonds. The minimum atomic E-state index is -1.02. The molecular formula is C9H10ClI2NO3. The van der Waals surface area contributed by atoms with Crippen LogP contribution in [0.1, 0.15) is 5.56 Å². The summed E-state index contributed by atoms with van der Waals surface area (Å²) in [5, 5.41) is 18.2. The highest BCUT2D eigenvalue weighted by atomic mass is 127. The third-order valence-electron chi connectivity index (χ3n) is 1.85. The Morgan fingerprint density at radius 3 is 2.19 bits per heavy atom. The SMILES string of the molecule is Cl.N[C@@H](Cc1cc(I)c(O)c(I)c1)C(=O)O. The van der Waals surface area contributed by atoms with Crippen LogP contribution in [0.4, 0.5) is 0 Å². The van der Waals surface area contributed by atoms with Crippen molar-refractivity contribution in [2.75, 3.05) is 0 Å². The Labute approximate surface area is 126 Å². The minimum Gasteiger partial charge on any atom is -0.506 e. The van der Waals surface area contributed by atoms with Crippen LogP contribution in [0.2, 0.25) is 0 Å². The standard InChI is InChI=1S/C9H9I2NO3.ClH/c10-5-1-4(2-6(11)8(5)13)3-7(12)9(14)15;/h1-2,7,13H,3,12H2,(H,14,15);1H/t7-;/m0./s1. The molecule has 1 atom stereocenters. The van der Waals surface area contributed by atoms with Gasteiger partial charge in [0, 0.05) is 0 Å². The molecule has 7 heteroatoms. The minimum absolute atomic E-state index is 0. The second-order valence-electron chi connectivity index (χ2n) is 3.06. The first-order valence-electron chi connectivity index (χ1n) is 4.07. The molecule has 0 spiro atoms. The van der Waals surface area contributed by atoms with Gasteiger partial charge in [-0.1, -0.05) is 0 Å². The van der Waals surface area contributed by atoms with Crippen molar-refractivity contribution in [1.29, 1.82) is 0 Å². The fraction of sp³-hybridized carbons (Fsp3) is 0.222. The zero-order valence-corrected chi connectivity index (χ0v) is 13.1. The lowest BCUT2D eigenvalue weighted by molar-refractivity contribution is -0.138. The summed E-state index contributed by atoms with van der Waals surface area (Å²) in [6, 6.07) is 2.57. The monoisotopic (exact) mass is 469 g/mol. The lowest BCUT2D eigenvalue weighted by Crippen LogP contribution is -2.32. The Hall–Kier alpha value is 0.200. The number of carbonyl (C=O) groups is 1. The predicted molar refractivity (Wildman–Crippen MR) is 80.1 cm³/mol. The van der Waals surface area contributed by atoms with Crippen LogP contribution in [0.15, 0.2) is 12.1 Å². The Kier molecular flexibility index (Phi) is 6.90. The fourth-order valence-electron chi connectivity index (χ4n) is 1.08. The quantitative estimate of drug-likeness (QED) is 0.592. The summed E-state index contributed by atoms with van der Waals surface area (Å²) < 4.78 is 1.40. The van der Waals surface area contributed by atoms with Gasteiger partial charge in [0.1, 0.15) is 11.8 Å². The summed E-state index contributed by atoms with van der Waals surface area (Å²) in [6.07, 6.45) is 0.265. The number of phenolic OH excluding ortho intramolecular Hbond substituents is 1. The fourth-order valence-corrected chi connectivity index (χ4v) is 2.97. The highest BCUT2D eigenvalue weighted by molar-refractivity contribution is 14.1. The molecule has 0 unspecified atom stereocenters. The van der Waals surface area contributed by atoms with Crippen LogP contribution < -0.4 is 5.73 Å². The molecule has 90 valence electrons. The van der Waals surface area contributed by atoms with Crippen molar-refractivity contribution in [1.82, 2.24) is 0 Å². The number of nitrogens with two attached hydrogens (primary N) is 1. The first-order chi connectivity index (χ1) is 6.91. The van der Waals surface area contributed by atoms with Gasteiger partial charge in [0.05, 0.1) is 7.14 Å². The maximum atomic E-state index is 10.6. The van der Waals surface area contributed by atoms with Crippen LogP contribution in [0.5, 0.6) is 5.75 Å². The van der Waals surface area contributed by atoms with Crippen molar-refractivity contribution >= 4 is 63.6 Å². The van der Waals surface area contributed by atoms with Crippen molar-refractivity contribution < 1.29 is 15.0 Å². The molecule has 0 aromatic heterocycles. The van der Waals surface area contributed by atoms with Crippen LogP contribution >= 0.6 is 57.6 Å². The van der Waals surface area contributed by atoms with E-state index in [2.05, 4.69) is 0 Å². The summed E-state index contributed by atoms with van der Waals surface area (Å²) in [4.78, 5) is 10.6. The second-order valence-corrected chi connectivity index (χ2v) is 5.38. The largest absolute Gasteiger partial charge is 0.506 e. The molecule has 0 saturated heterocycles. The van der Waals surface area contributed by atoms with E-state index in [9.17, 15) is 9.90 Å². The van der Waals surface area contributed by atoms with Gasteiger partial charge in [-0.2, -0.15) is 0 Å². The van der Waals surface area contributed by atoms with E-state index in [4.69, 9.17) is 10.8 Å². The molecule has 16 heavy (non-hydrogen) atoms. The summed E-state index contributed by atoms with van der Waals surface area (Å²) in [7, 11) is 0. The van der Waals surface area contributed by atoms with E-state index in [1.54, 1.807) is 12.1 Å². The highest BCUT2D eigenvalue weighted by Gasteiger charge is 2.14. The number of rotatable bonds is 3. The van der Waals surface area contributed by atoms with E-state index in [1.165, 1.54) is 0 Å². The number of hydrogen-bond acceptors (Lipinski definition) is 3. The van der Waals surface area contributed by atoms with Crippen LogP contribution in [-0.2, 0) is 11.2 Å². The third kappa shape index (κ3) is 4.22. The average molecular weight is 469 g/mol. The number of benzene rings is 1. The molecule has 0 heterocycles. The Balaban J connectivity index is 0.00000225. The lowest BCUT2D eigenvalue weighted by Gasteiger charge is -2.08. The van der Waals surface area contributed by atoms with E-state index in [1.807, 2.05) is 45.2 Å². The van der Waals surface area contributed by atoms with Gasteiger partial charge in [0.2, 0.25) is 0 Å². The Bertz CT molecular complexity index is 377. The lowest BCUT2D eigenvalue weighted by atomic mass is 10.1. The maximum absolute atomic E-state index is 10.6. The van der Waals surface area contributed by atoms with Crippen molar-refractivity contribution in [2.24, 2.45) is 5.73 Å². The number of hydrogen-bond donors (Lipinski definition) is 3.